The molecule has 2 aromatic rings. The van der Waals surface area contributed by atoms with E-state index in [0.29, 0.717) is 16.5 Å². The molecule has 2 heterocycles. The fraction of sp³-hybridized carbons (Fsp3) is 0.400. The Balaban J connectivity index is 1.60. The molecule has 1 N–H and O–H groups in total. The number of para-hydroxylation sites is 1. The second kappa shape index (κ2) is 6.83. The van der Waals surface area contributed by atoms with Crippen LogP contribution < -0.4 is 0 Å². The summed E-state index contributed by atoms with van der Waals surface area (Å²) in [4.78, 5) is 14.0. The van der Waals surface area contributed by atoms with Crippen LogP contribution in [0.4, 0.5) is 0 Å². The Bertz CT molecular complexity index is 653. The predicted octanol–water partition coefficient (Wildman–Crippen LogP) is 2.55. The second-order valence-electron chi connectivity index (χ2n) is 5.12. The van der Waals surface area contributed by atoms with Crippen LogP contribution in [0, 0.1) is 0 Å². The van der Waals surface area contributed by atoms with Crippen molar-refractivity contribution in [1.82, 2.24) is 15.1 Å². The maximum atomic E-state index is 12.1. The summed E-state index contributed by atoms with van der Waals surface area (Å²) in [5.74, 6) is 0.743. The third kappa shape index (κ3) is 3.41. The van der Waals surface area contributed by atoms with Gasteiger partial charge in [-0.05, 0) is 31.4 Å². The summed E-state index contributed by atoms with van der Waals surface area (Å²) in [7, 11) is 0. The molecule has 0 saturated carbocycles. The largest absolute Gasteiger partial charge is 0.507 e. The number of hydrogen-bond donors (Lipinski definition) is 1. The average molecular weight is 319 g/mol. The molecule has 7 heteroatoms. The van der Waals surface area contributed by atoms with Crippen LogP contribution in [-0.2, 0) is 4.79 Å². The molecule has 0 unspecified atom stereocenters. The second-order valence-corrected chi connectivity index (χ2v) is 6.05. The number of nitrogens with zero attached hydrogens (tertiary/aromatic N) is 3. The Morgan fingerprint density at radius 1 is 1.23 bits per heavy atom. The third-order valence-corrected chi connectivity index (χ3v) is 4.37. The molecule has 0 aliphatic carbocycles. The minimum absolute atomic E-state index is 0.0899. The molecule has 1 aliphatic rings. The molecule has 0 radical (unpaired) electrons. The van der Waals surface area contributed by atoms with Crippen molar-refractivity contribution in [2.24, 2.45) is 0 Å². The van der Waals surface area contributed by atoms with E-state index in [1.165, 1.54) is 18.2 Å². The first kappa shape index (κ1) is 14.9. The van der Waals surface area contributed by atoms with Crippen LogP contribution in [-0.4, -0.2) is 45.0 Å². The van der Waals surface area contributed by atoms with Crippen molar-refractivity contribution in [3.05, 3.63) is 24.3 Å². The van der Waals surface area contributed by atoms with Gasteiger partial charge in [-0.3, -0.25) is 4.79 Å². The van der Waals surface area contributed by atoms with Crippen molar-refractivity contribution in [1.29, 1.82) is 0 Å². The Labute approximate surface area is 132 Å². The smallest absolute Gasteiger partial charge is 0.277 e. The number of rotatable bonds is 4. The number of piperidine rings is 1. The van der Waals surface area contributed by atoms with Gasteiger partial charge in [-0.25, -0.2) is 0 Å². The van der Waals surface area contributed by atoms with Crippen LogP contribution >= 0.6 is 11.8 Å². The Hall–Kier alpha value is -2.02. The van der Waals surface area contributed by atoms with E-state index in [1.54, 1.807) is 24.3 Å². The lowest BCUT2D eigenvalue weighted by Gasteiger charge is -2.26. The molecule has 0 bridgehead atoms. The van der Waals surface area contributed by atoms with Gasteiger partial charge in [0.2, 0.25) is 5.91 Å². The van der Waals surface area contributed by atoms with Crippen LogP contribution in [0.3, 0.4) is 0 Å². The molecule has 0 atom stereocenters. The maximum absolute atomic E-state index is 12.1. The molecule has 1 aliphatic heterocycles. The monoisotopic (exact) mass is 319 g/mol. The molecule has 1 saturated heterocycles. The van der Waals surface area contributed by atoms with Gasteiger partial charge in [0.05, 0.1) is 11.3 Å². The number of likely N-dealkylation sites (tertiary alicyclic amines) is 1. The number of phenolic OH excluding ortho intramolecular Hbond substituents is 1. The molecule has 3 rings (SSSR count). The minimum Gasteiger partial charge on any atom is -0.507 e. The number of benzene rings is 1. The number of carbonyl (C=O) groups is 1. The van der Waals surface area contributed by atoms with Crippen molar-refractivity contribution < 1.29 is 14.3 Å². The topological polar surface area (TPSA) is 79.5 Å². The average Bonchev–Trinajstić information content (AvgIpc) is 3.02. The van der Waals surface area contributed by atoms with E-state index < -0.39 is 0 Å². The predicted molar refractivity (Wildman–Crippen MR) is 82.6 cm³/mol. The van der Waals surface area contributed by atoms with Crippen molar-refractivity contribution in [3.8, 4) is 17.2 Å². The van der Waals surface area contributed by atoms with Gasteiger partial charge in [0.25, 0.3) is 11.1 Å². The molecule has 1 fully saturated rings. The number of thioether (sulfide) groups is 1. The van der Waals surface area contributed by atoms with Gasteiger partial charge in [0.15, 0.2) is 0 Å². The van der Waals surface area contributed by atoms with Crippen LogP contribution in [0.5, 0.6) is 5.75 Å². The first-order valence-electron chi connectivity index (χ1n) is 7.26. The third-order valence-electron chi connectivity index (χ3n) is 3.57. The summed E-state index contributed by atoms with van der Waals surface area (Å²) in [6, 6.07) is 6.77. The molecular formula is C15H17N3O3S. The van der Waals surface area contributed by atoms with Gasteiger partial charge in [-0.2, -0.15) is 0 Å². The summed E-state index contributed by atoms with van der Waals surface area (Å²) in [5.41, 5.74) is 0.490. The Morgan fingerprint density at radius 3 is 2.77 bits per heavy atom. The summed E-state index contributed by atoms with van der Waals surface area (Å²) in [5, 5.41) is 17.9. The maximum Gasteiger partial charge on any atom is 0.277 e. The molecule has 1 amide bonds. The summed E-state index contributed by atoms with van der Waals surface area (Å²) in [6.45, 7) is 1.68. The van der Waals surface area contributed by atoms with Gasteiger partial charge in [-0.15, -0.1) is 10.2 Å². The van der Waals surface area contributed by atoms with E-state index in [9.17, 15) is 9.90 Å². The van der Waals surface area contributed by atoms with Crippen LogP contribution in [0.15, 0.2) is 33.9 Å². The van der Waals surface area contributed by atoms with E-state index in [4.69, 9.17) is 4.42 Å². The van der Waals surface area contributed by atoms with Crippen molar-refractivity contribution in [3.63, 3.8) is 0 Å². The fourth-order valence-electron chi connectivity index (χ4n) is 2.39. The summed E-state index contributed by atoms with van der Waals surface area (Å²) < 4.78 is 5.50. The van der Waals surface area contributed by atoms with Gasteiger partial charge in [0.1, 0.15) is 5.75 Å². The number of aromatic hydroxyl groups is 1. The van der Waals surface area contributed by atoms with E-state index in [2.05, 4.69) is 10.2 Å². The molecule has 6 nitrogen and oxygen atoms in total. The quantitative estimate of drug-likeness (QED) is 0.872. The van der Waals surface area contributed by atoms with E-state index in [0.717, 1.165) is 25.9 Å². The lowest BCUT2D eigenvalue weighted by Crippen LogP contribution is -2.36. The molecule has 1 aromatic heterocycles. The van der Waals surface area contributed by atoms with Crippen molar-refractivity contribution in [2.45, 2.75) is 24.5 Å². The highest BCUT2D eigenvalue weighted by atomic mass is 32.2. The van der Waals surface area contributed by atoms with Crippen LogP contribution in [0.2, 0.25) is 0 Å². The molecule has 0 spiro atoms. The number of hydrogen-bond acceptors (Lipinski definition) is 6. The Morgan fingerprint density at radius 2 is 2.00 bits per heavy atom. The normalized spacial score (nSPS) is 15.0. The van der Waals surface area contributed by atoms with Crippen molar-refractivity contribution in [2.75, 3.05) is 18.8 Å². The highest BCUT2D eigenvalue weighted by Crippen LogP contribution is 2.29. The lowest BCUT2D eigenvalue weighted by atomic mass is 10.1. The number of carbonyl (C=O) groups excluding carboxylic acids is 1. The highest BCUT2D eigenvalue weighted by molar-refractivity contribution is 7.99. The van der Waals surface area contributed by atoms with Gasteiger partial charge in [-0.1, -0.05) is 23.9 Å². The van der Waals surface area contributed by atoms with Gasteiger partial charge >= 0.3 is 0 Å². The van der Waals surface area contributed by atoms with Crippen LogP contribution in [0.1, 0.15) is 19.3 Å². The lowest BCUT2D eigenvalue weighted by molar-refractivity contribution is -0.129. The zero-order valence-electron chi connectivity index (χ0n) is 12.1. The first-order chi connectivity index (χ1) is 10.7. The molecule has 116 valence electrons. The zero-order chi connectivity index (χ0) is 15.4. The molecular weight excluding hydrogens is 302 g/mol. The number of aromatic nitrogens is 2. The van der Waals surface area contributed by atoms with E-state index in [-0.39, 0.29) is 17.5 Å². The summed E-state index contributed by atoms with van der Waals surface area (Å²) in [6.07, 6.45) is 3.35. The van der Waals surface area contributed by atoms with Gasteiger partial charge < -0.3 is 14.4 Å². The standard InChI is InChI=1S/C15H17N3O3S/c19-12-7-3-2-6-11(12)14-16-17-15(21-14)22-10-13(20)18-8-4-1-5-9-18/h2-3,6-7,19H,1,4-5,8-10H2. The van der Waals surface area contributed by atoms with E-state index in [1.807, 2.05) is 4.90 Å². The van der Waals surface area contributed by atoms with E-state index >= 15 is 0 Å². The molecule has 22 heavy (non-hydrogen) atoms. The minimum atomic E-state index is 0.0899. The fourth-order valence-corrected chi connectivity index (χ4v) is 3.06. The number of phenols is 1. The number of amides is 1. The Kier molecular flexibility index (Phi) is 4.62. The summed E-state index contributed by atoms with van der Waals surface area (Å²) >= 11 is 1.23. The highest BCUT2D eigenvalue weighted by Gasteiger charge is 2.18. The van der Waals surface area contributed by atoms with Crippen molar-refractivity contribution >= 4 is 17.7 Å². The zero-order valence-corrected chi connectivity index (χ0v) is 12.9. The SMILES string of the molecule is O=C(CSc1nnc(-c2ccccc2O)o1)N1CCCCC1. The van der Waals surface area contributed by atoms with Gasteiger partial charge in [0, 0.05) is 13.1 Å². The molecule has 1 aromatic carbocycles. The van der Waals surface area contributed by atoms with Crippen LogP contribution in [0.25, 0.3) is 11.5 Å². The first-order valence-corrected chi connectivity index (χ1v) is 8.25.